The summed E-state index contributed by atoms with van der Waals surface area (Å²) < 4.78 is 1.76. The zero-order valence-corrected chi connectivity index (χ0v) is 7.87. The van der Waals surface area contributed by atoms with E-state index in [0.29, 0.717) is 5.92 Å². The van der Waals surface area contributed by atoms with E-state index in [9.17, 15) is 4.79 Å². The Morgan fingerprint density at radius 3 is 2.67 bits per heavy atom. The topological polar surface area (TPSA) is 22.0 Å². The molecule has 0 radical (unpaired) electrons. The van der Waals surface area contributed by atoms with Gasteiger partial charge < -0.3 is 4.57 Å². The van der Waals surface area contributed by atoms with Gasteiger partial charge in [-0.2, -0.15) is 0 Å². The van der Waals surface area contributed by atoms with Crippen LogP contribution < -0.4 is 5.56 Å². The second kappa shape index (κ2) is 3.57. The third kappa shape index (κ3) is 2.22. The number of aryl methyl sites for hydroxylation is 1. The van der Waals surface area contributed by atoms with Crippen molar-refractivity contribution >= 4 is 0 Å². The first-order valence-corrected chi connectivity index (χ1v) is 4.26. The third-order valence-corrected chi connectivity index (χ3v) is 1.69. The molecule has 0 fully saturated rings. The minimum absolute atomic E-state index is 0.0919. The molecule has 0 aliphatic rings. The van der Waals surface area contributed by atoms with Gasteiger partial charge in [0.05, 0.1) is 0 Å². The van der Waals surface area contributed by atoms with Crippen molar-refractivity contribution in [3.63, 3.8) is 0 Å². The Kier molecular flexibility index (Phi) is 2.69. The zero-order valence-electron chi connectivity index (χ0n) is 7.87. The highest BCUT2D eigenvalue weighted by Gasteiger charge is 1.98. The van der Waals surface area contributed by atoms with Crippen molar-refractivity contribution < 1.29 is 0 Å². The van der Waals surface area contributed by atoms with Crippen molar-refractivity contribution in [1.82, 2.24) is 4.57 Å². The molecule has 0 saturated heterocycles. The lowest BCUT2D eigenvalue weighted by atomic mass is 10.2. The van der Waals surface area contributed by atoms with Gasteiger partial charge in [0.15, 0.2) is 0 Å². The van der Waals surface area contributed by atoms with E-state index in [0.717, 1.165) is 12.1 Å². The highest BCUT2D eigenvalue weighted by molar-refractivity contribution is 5.07. The second-order valence-electron chi connectivity index (χ2n) is 3.59. The molecule has 1 aromatic heterocycles. The number of rotatable bonds is 2. The number of hydrogen-bond donors (Lipinski definition) is 0. The van der Waals surface area contributed by atoms with Gasteiger partial charge in [0, 0.05) is 18.8 Å². The first-order chi connectivity index (χ1) is 5.59. The van der Waals surface area contributed by atoms with Crippen molar-refractivity contribution in [2.24, 2.45) is 5.92 Å². The standard InChI is InChI=1S/C10H15NO/c1-8(2)6-11-7-9(3)4-5-10(11)12/h4-5,7-8H,6H2,1-3H3. The van der Waals surface area contributed by atoms with Crippen molar-refractivity contribution in [3.8, 4) is 0 Å². The maximum atomic E-state index is 11.3. The van der Waals surface area contributed by atoms with E-state index in [2.05, 4.69) is 13.8 Å². The van der Waals surface area contributed by atoms with Crippen molar-refractivity contribution in [3.05, 3.63) is 34.2 Å². The first kappa shape index (κ1) is 9.04. The molecule has 66 valence electrons. The van der Waals surface area contributed by atoms with Crippen LogP contribution >= 0.6 is 0 Å². The lowest BCUT2D eigenvalue weighted by Crippen LogP contribution is -2.20. The average Bonchev–Trinajstić information content (AvgIpc) is 1.96. The quantitative estimate of drug-likeness (QED) is 0.655. The molecule has 0 N–H and O–H groups in total. The van der Waals surface area contributed by atoms with Gasteiger partial charge in [-0.25, -0.2) is 0 Å². The van der Waals surface area contributed by atoms with Gasteiger partial charge in [-0.3, -0.25) is 4.79 Å². The van der Waals surface area contributed by atoms with Crippen LogP contribution in [-0.4, -0.2) is 4.57 Å². The predicted molar refractivity (Wildman–Crippen MR) is 50.3 cm³/mol. The summed E-state index contributed by atoms with van der Waals surface area (Å²) in [7, 11) is 0. The second-order valence-corrected chi connectivity index (χ2v) is 3.59. The Hall–Kier alpha value is -1.05. The Morgan fingerprint density at radius 1 is 1.42 bits per heavy atom. The molecular formula is C10H15NO. The van der Waals surface area contributed by atoms with Crippen molar-refractivity contribution in [1.29, 1.82) is 0 Å². The van der Waals surface area contributed by atoms with E-state index < -0.39 is 0 Å². The molecule has 0 unspecified atom stereocenters. The van der Waals surface area contributed by atoms with E-state index in [1.807, 2.05) is 19.2 Å². The molecule has 0 aromatic carbocycles. The van der Waals surface area contributed by atoms with Crippen LogP contribution in [0.25, 0.3) is 0 Å². The zero-order chi connectivity index (χ0) is 9.14. The fourth-order valence-electron chi connectivity index (χ4n) is 1.19. The first-order valence-electron chi connectivity index (χ1n) is 4.26. The predicted octanol–water partition coefficient (Wildman–Crippen LogP) is 1.81. The van der Waals surface area contributed by atoms with Gasteiger partial charge in [-0.05, 0) is 18.4 Å². The molecule has 0 aliphatic heterocycles. The number of hydrogen-bond acceptors (Lipinski definition) is 1. The van der Waals surface area contributed by atoms with Gasteiger partial charge >= 0.3 is 0 Å². The molecule has 1 rings (SSSR count). The Balaban J connectivity index is 2.98. The summed E-state index contributed by atoms with van der Waals surface area (Å²) in [6, 6.07) is 3.47. The summed E-state index contributed by atoms with van der Waals surface area (Å²) in [6.45, 7) is 7.01. The van der Waals surface area contributed by atoms with Crippen molar-refractivity contribution in [2.75, 3.05) is 0 Å². The summed E-state index contributed by atoms with van der Waals surface area (Å²) in [6.07, 6.45) is 1.91. The maximum absolute atomic E-state index is 11.3. The summed E-state index contributed by atoms with van der Waals surface area (Å²) in [5, 5.41) is 0. The Bertz CT molecular complexity index is 312. The fraction of sp³-hybridized carbons (Fsp3) is 0.500. The molecule has 1 heterocycles. The Labute approximate surface area is 72.8 Å². The van der Waals surface area contributed by atoms with Crippen LogP contribution in [-0.2, 0) is 6.54 Å². The largest absolute Gasteiger partial charge is 0.315 e. The molecule has 1 aromatic rings. The third-order valence-electron chi connectivity index (χ3n) is 1.69. The maximum Gasteiger partial charge on any atom is 0.250 e. The molecule has 0 aliphatic carbocycles. The minimum atomic E-state index is 0.0919. The van der Waals surface area contributed by atoms with E-state index >= 15 is 0 Å². The van der Waals surface area contributed by atoms with Crippen LogP contribution in [0.15, 0.2) is 23.1 Å². The normalized spacial score (nSPS) is 10.7. The Morgan fingerprint density at radius 2 is 2.08 bits per heavy atom. The summed E-state index contributed by atoms with van der Waals surface area (Å²) in [4.78, 5) is 11.3. The van der Waals surface area contributed by atoms with Gasteiger partial charge in [0.2, 0.25) is 0 Å². The lowest BCUT2D eigenvalue weighted by Gasteiger charge is -2.08. The van der Waals surface area contributed by atoms with Gasteiger partial charge in [-0.1, -0.05) is 19.9 Å². The van der Waals surface area contributed by atoms with Gasteiger partial charge in [0.25, 0.3) is 5.56 Å². The van der Waals surface area contributed by atoms with Gasteiger partial charge in [0.1, 0.15) is 0 Å². The molecule has 0 saturated carbocycles. The number of pyridine rings is 1. The number of aromatic nitrogens is 1. The fourth-order valence-corrected chi connectivity index (χ4v) is 1.19. The molecular weight excluding hydrogens is 150 g/mol. The van der Waals surface area contributed by atoms with Crippen LogP contribution in [0.2, 0.25) is 0 Å². The molecule has 0 spiro atoms. The van der Waals surface area contributed by atoms with Crippen molar-refractivity contribution in [2.45, 2.75) is 27.3 Å². The van der Waals surface area contributed by atoms with Crippen LogP contribution in [0.1, 0.15) is 19.4 Å². The van der Waals surface area contributed by atoms with Gasteiger partial charge in [-0.15, -0.1) is 0 Å². The SMILES string of the molecule is Cc1ccc(=O)n(CC(C)C)c1. The highest BCUT2D eigenvalue weighted by Crippen LogP contribution is 1.98. The molecule has 0 bridgehead atoms. The highest BCUT2D eigenvalue weighted by atomic mass is 16.1. The molecule has 2 nitrogen and oxygen atoms in total. The average molecular weight is 165 g/mol. The molecule has 0 atom stereocenters. The van der Waals surface area contributed by atoms with E-state index in [1.165, 1.54) is 0 Å². The van der Waals surface area contributed by atoms with E-state index in [1.54, 1.807) is 10.6 Å². The summed E-state index contributed by atoms with van der Waals surface area (Å²) >= 11 is 0. The minimum Gasteiger partial charge on any atom is -0.315 e. The number of nitrogens with zero attached hydrogens (tertiary/aromatic N) is 1. The molecule has 12 heavy (non-hydrogen) atoms. The molecule has 2 heteroatoms. The summed E-state index contributed by atoms with van der Waals surface area (Å²) in [5.41, 5.74) is 1.23. The monoisotopic (exact) mass is 165 g/mol. The van der Waals surface area contributed by atoms with E-state index in [-0.39, 0.29) is 5.56 Å². The van der Waals surface area contributed by atoms with Crippen LogP contribution in [0.3, 0.4) is 0 Å². The lowest BCUT2D eigenvalue weighted by molar-refractivity contribution is 0.510. The van der Waals surface area contributed by atoms with E-state index in [4.69, 9.17) is 0 Å². The van der Waals surface area contributed by atoms with Crippen LogP contribution in [0.5, 0.6) is 0 Å². The van der Waals surface area contributed by atoms with Crippen LogP contribution in [0, 0.1) is 12.8 Å². The van der Waals surface area contributed by atoms with Crippen LogP contribution in [0.4, 0.5) is 0 Å². The smallest absolute Gasteiger partial charge is 0.250 e. The summed E-state index contributed by atoms with van der Waals surface area (Å²) in [5.74, 6) is 0.518. The molecule has 0 amide bonds.